The highest BCUT2D eigenvalue weighted by molar-refractivity contribution is 7.14. The molecular weight excluding hydrogens is 460 g/mol. The Hall–Kier alpha value is -3.20. The number of morpholine rings is 1. The number of nitrogens with one attached hydrogen (secondary N) is 1. The van der Waals surface area contributed by atoms with Gasteiger partial charge in [-0.2, -0.15) is 0 Å². The molecule has 0 aliphatic carbocycles. The van der Waals surface area contributed by atoms with Gasteiger partial charge >= 0.3 is 0 Å². The normalized spacial score (nSPS) is 13.8. The van der Waals surface area contributed by atoms with Crippen LogP contribution >= 0.6 is 22.9 Å². The number of anilines is 4. The van der Waals surface area contributed by atoms with Gasteiger partial charge in [-0.1, -0.05) is 35.9 Å². The zero-order valence-corrected chi connectivity index (χ0v) is 19.6. The van der Waals surface area contributed by atoms with Crippen LogP contribution < -0.4 is 15.1 Å². The molecule has 33 heavy (non-hydrogen) atoms. The average Bonchev–Trinajstić information content (AvgIpc) is 3.27. The van der Waals surface area contributed by atoms with Crippen LogP contribution in [0.5, 0.6) is 0 Å². The summed E-state index contributed by atoms with van der Waals surface area (Å²) in [5.74, 6) is -0.437. The van der Waals surface area contributed by atoms with E-state index in [1.54, 1.807) is 22.4 Å². The standard InChI is InChI=1S/C24H23ClN4O3S/c1-17(30)29(19-6-3-2-4-7-19)24-26-18(16-33-24)10-11-22(31)27-21-9-5-8-20(25)23(21)28-12-14-32-15-13-28/h2-11,16H,12-15H2,1H3,(H,27,31)/b11-10+. The van der Waals surface area contributed by atoms with E-state index in [-0.39, 0.29) is 11.8 Å². The van der Waals surface area contributed by atoms with Crippen molar-refractivity contribution in [1.29, 1.82) is 0 Å². The lowest BCUT2D eigenvalue weighted by Crippen LogP contribution is -2.37. The van der Waals surface area contributed by atoms with Crippen molar-refractivity contribution >= 4 is 63.0 Å². The summed E-state index contributed by atoms with van der Waals surface area (Å²) in [5.41, 5.74) is 2.76. The molecule has 1 saturated heterocycles. The van der Waals surface area contributed by atoms with Gasteiger partial charge in [0.25, 0.3) is 0 Å². The summed E-state index contributed by atoms with van der Waals surface area (Å²) < 4.78 is 5.42. The van der Waals surface area contributed by atoms with Gasteiger partial charge in [-0.25, -0.2) is 4.98 Å². The van der Waals surface area contributed by atoms with E-state index in [1.807, 2.05) is 42.5 Å². The first-order valence-corrected chi connectivity index (χ1v) is 11.7. The van der Waals surface area contributed by atoms with E-state index >= 15 is 0 Å². The number of carbonyl (C=O) groups is 2. The van der Waals surface area contributed by atoms with Crippen LogP contribution in [0.3, 0.4) is 0 Å². The molecule has 4 rings (SSSR count). The van der Waals surface area contributed by atoms with Crippen LogP contribution in [0, 0.1) is 0 Å². The SMILES string of the molecule is CC(=O)N(c1ccccc1)c1nc(/C=C/C(=O)Nc2cccc(Cl)c2N2CCOCC2)cs1. The monoisotopic (exact) mass is 482 g/mol. The minimum absolute atomic E-state index is 0.138. The third-order valence-corrected chi connectivity index (χ3v) is 6.16. The highest BCUT2D eigenvalue weighted by atomic mass is 35.5. The predicted octanol–water partition coefficient (Wildman–Crippen LogP) is 4.97. The Morgan fingerprint density at radius 2 is 1.91 bits per heavy atom. The Bertz CT molecular complexity index is 1160. The van der Waals surface area contributed by atoms with Crippen molar-refractivity contribution in [1.82, 2.24) is 4.98 Å². The highest BCUT2D eigenvalue weighted by Gasteiger charge is 2.19. The van der Waals surface area contributed by atoms with Gasteiger partial charge in [0, 0.05) is 31.5 Å². The second-order valence-electron chi connectivity index (χ2n) is 7.30. The molecule has 0 bridgehead atoms. The van der Waals surface area contributed by atoms with Crippen molar-refractivity contribution < 1.29 is 14.3 Å². The lowest BCUT2D eigenvalue weighted by atomic mass is 10.2. The van der Waals surface area contributed by atoms with Crippen molar-refractivity contribution in [2.24, 2.45) is 0 Å². The van der Waals surface area contributed by atoms with Crippen molar-refractivity contribution in [3.8, 4) is 0 Å². The van der Waals surface area contributed by atoms with Gasteiger partial charge in [0.05, 0.1) is 41.0 Å². The first kappa shape index (κ1) is 23.0. The van der Waals surface area contributed by atoms with Crippen molar-refractivity contribution in [3.05, 3.63) is 70.7 Å². The van der Waals surface area contributed by atoms with Gasteiger partial charge in [-0.15, -0.1) is 11.3 Å². The molecule has 7 nitrogen and oxygen atoms in total. The van der Waals surface area contributed by atoms with Crippen LogP contribution in [0.15, 0.2) is 60.0 Å². The summed E-state index contributed by atoms with van der Waals surface area (Å²) in [4.78, 5) is 33.0. The van der Waals surface area contributed by atoms with E-state index in [0.29, 0.717) is 47.8 Å². The third-order valence-electron chi connectivity index (χ3n) is 5.01. The predicted molar refractivity (Wildman–Crippen MR) is 134 cm³/mol. The van der Waals surface area contributed by atoms with Gasteiger partial charge in [-0.3, -0.25) is 14.5 Å². The Labute approximate surface area is 201 Å². The summed E-state index contributed by atoms with van der Waals surface area (Å²) in [7, 11) is 0. The Morgan fingerprint density at radius 3 is 2.64 bits per heavy atom. The molecule has 0 radical (unpaired) electrons. The second-order valence-corrected chi connectivity index (χ2v) is 8.55. The van der Waals surface area contributed by atoms with E-state index in [9.17, 15) is 9.59 Å². The van der Waals surface area contributed by atoms with Gasteiger partial charge < -0.3 is 15.0 Å². The molecule has 2 aromatic carbocycles. The molecule has 1 aliphatic heterocycles. The van der Waals surface area contributed by atoms with Crippen molar-refractivity contribution in [2.45, 2.75) is 6.92 Å². The summed E-state index contributed by atoms with van der Waals surface area (Å²) >= 11 is 7.77. The molecule has 0 spiro atoms. The Balaban J connectivity index is 1.48. The molecule has 0 unspecified atom stereocenters. The van der Waals surface area contributed by atoms with Crippen LogP contribution in [-0.4, -0.2) is 43.1 Å². The number of amides is 2. The van der Waals surface area contributed by atoms with Crippen LogP contribution in [0.1, 0.15) is 12.6 Å². The quantitative estimate of drug-likeness (QED) is 0.502. The number of carbonyl (C=O) groups excluding carboxylic acids is 2. The molecule has 9 heteroatoms. The van der Waals surface area contributed by atoms with E-state index in [1.165, 1.54) is 24.3 Å². The fraction of sp³-hybridized carbons (Fsp3) is 0.208. The first-order chi connectivity index (χ1) is 16.0. The van der Waals surface area contributed by atoms with Gasteiger partial charge in [0.15, 0.2) is 5.13 Å². The maximum Gasteiger partial charge on any atom is 0.248 e. The molecule has 1 aromatic heterocycles. The molecule has 0 atom stereocenters. The average molecular weight is 483 g/mol. The van der Waals surface area contributed by atoms with Crippen LogP contribution in [0.4, 0.5) is 22.2 Å². The van der Waals surface area contributed by atoms with E-state index in [2.05, 4.69) is 15.2 Å². The van der Waals surface area contributed by atoms with Gasteiger partial charge in [-0.05, 0) is 30.3 Å². The largest absolute Gasteiger partial charge is 0.378 e. The number of benzene rings is 2. The van der Waals surface area contributed by atoms with Crippen LogP contribution in [-0.2, 0) is 14.3 Å². The van der Waals surface area contributed by atoms with Gasteiger partial charge in [0.1, 0.15) is 0 Å². The van der Waals surface area contributed by atoms with Crippen LogP contribution in [0.2, 0.25) is 5.02 Å². The smallest absolute Gasteiger partial charge is 0.248 e. The minimum atomic E-state index is -0.298. The number of nitrogens with zero attached hydrogens (tertiary/aromatic N) is 3. The molecule has 1 fully saturated rings. The molecule has 170 valence electrons. The maximum absolute atomic E-state index is 12.6. The number of aromatic nitrogens is 1. The van der Waals surface area contributed by atoms with Crippen LogP contribution in [0.25, 0.3) is 6.08 Å². The fourth-order valence-corrected chi connectivity index (χ4v) is 4.67. The number of ether oxygens (including phenoxy) is 1. The number of hydrogen-bond donors (Lipinski definition) is 1. The number of hydrogen-bond acceptors (Lipinski definition) is 6. The minimum Gasteiger partial charge on any atom is -0.378 e. The molecule has 3 aromatic rings. The first-order valence-electron chi connectivity index (χ1n) is 10.4. The van der Waals surface area contributed by atoms with E-state index < -0.39 is 0 Å². The number of thiazole rings is 1. The van der Waals surface area contributed by atoms with Gasteiger partial charge in [0.2, 0.25) is 11.8 Å². The molecule has 2 amide bonds. The molecular formula is C24H23ClN4O3S. The number of rotatable bonds is 6. The van der Waals surface area contributed by atoms with Crippen molar-refractivity contribution in [2.75, 3.05) is 41.4 Å². The van der Waals surface area contributed by atoms with Crippen molar-refractivity contribution in [3.63, 3.8) is 0 Å². The summed E-state index contributed by atoms with van der Waals surface area (Å²) in [6.07, 6.45) is 3.04. The van der Waals surface area contributed by atoms with E-state index in [4.69, 9.17) is 16.3 Å². The Morgan fingerprint density at radius 1 is 1.15 bits per heavy atom. The lowest BCUT2D eigenvalue weighted by Gasteiger charge is -2.31. The topological polar surface area (TPSA) is 74.8 Å². The zero-order chi connectivity index (χ0) is 23.2. The number of halogens is 1. The second kappa shape index (κ2) is 10.6. The summed E-state index contributed by atoms with van der Waals surface area (Å²) in [5, 5.41) is 5.83. The summed E-state index contributed by atoms with van der Waals surface area (Å²) in [6, 6.07) is 14.8. The molecule has 1 aliphatic rings. The highest BCUT2D eigenvalue weighted by Crippen LogP contribution is 2.34. The third kappa shape index (κ3) is 5.60. The zero-order valence-electron chi connectivity index (χ0n) is 18.0. The van der Waals surface area contributed by atoms with E-state index in [0.717, 1.165) is 11.4 Å². The fourth-order valence-electron chi connectivity index (χ4n) is 3.52. The maximum atomic E-state index is 12.6. The number of para-hydroxylation sites is 2. The summed E-state index contributed by atoms with van der Waals surface area (Å²) in [6.45, 7) is 4.14. The molecule has 1 N–H and O–H groups in total. The molecule has 2 heterocycles. The lowest BCUT2D eigenvalue weighted by molar-refractivity contribution is -0.116. The Kier molecular flexibility index (Phi) is 7.39. The molecule has 0 saturated carbocycles.